The van der Waals surface area contributed by atoms with Gasteiger partial charge >= 0.3 is 0 Å². The highest BCUT2D eigenvalue weighted by Crippen LogP contribution is 2.48. The van der Waals surface area contributed by atoms with Crippen LogP contribution in [-0.4, -0.2) is 0 Å². The van der Waals surface area contributed by atoms with Crippen molar-refractivity contribution in [3.63, 3.8) is 0 Å². The third-order valence-corrected chi connectivity index (χ3v) is 6.28. The minimum absolute atomic E-state index is 1.08. The largest absolute Gasteiger partial charge is 0.0654 e. The zero-order chi connectivity index (χ0) is 16.6. The topological polar surface area (TPSA) is 0 Å². The van der Waals surface area contributed by atoms with Crippen LogP contribution in [0.2, 0.25) is 0 Å². The highest BCUT2D eigenvalue weighted by Gasteiger charge is 2.27. The van der Waals surface area contributed by atoms with Gasteiger partial charge in [0.25, 0.3) is 0 Å². The molecule has 5 rings (SSSR count). The molecule has 0 nitrogen and oxygen atoms in total. The molecular formula is C24H22. The molecule has 2 aliphatic rings. The van der Waals surface area contributed by atoms with Crippen LogP contribution in [0.5, 0.6) is 0 Å². The average Bonchev–Trinajstić information content (AvgIpc) is 3.09. The van der Waals surface area contributed by atoms with Crippen LogP contribution in [0, 0.1) is 13.8 Å². The lowest BCUT2D eigenvalue weighted by Crippen LogP contribution is -1.92. The fourth-order valence-electron chi connectivity index (χ4n) is 4.72. The van der Waals surface area contributed by atoms with Gasteiger partial charge in [-0.1, -0.05) is 42.0 Å². The Hall–Kier alpha value is -2.34. The molecule has 2 aliphatic carbocycles. The molecule has 0 heterocycles. The summed E-state index contributed by atoms with van der Waals surface area (Å²) < 4.78 is 0. The third kappa shape index (κ3) is 1.64. The lowest BCUT2D eigenvalue weighted by atomic mass is 9.88. The van der Waals surface area contributed by atoms with E-state index in [9.17, 15) is 0 Å². The van der Waals surface area contributed by atoms with Crippen molar-refractivity contribution in [3.05, 3.63) is 75.4 Å². The van der Waals surface area contributed by atoms with Crippen molar-refractivity contribution in [2.45, 2.75) is 40.5 Å². The molecule has 3 aromatic rings. The van der Waals surface area contributed by atoms with Gasteiger partial charge in [-0.25, -0.2) is 0 Å². The zero-order valence-electron chi connectivity index (χ0n) is 14.9. The van der Waals surface area contributed by atoms with Crippen LogP contribution in [0.1, 0.15) is 47.2 Å². The van der Waals surface area contributed by atoms with E-state index in [0.29, 0.717) is 0 Å². The molecule has 0 spiro atoms. The second kappa shape index (κ2) is 4.60. The molecule has 24 heavy (non-hydrogen) atoms. The number of rotatable bonds is 0. The summed E-state index contributed by atoms with van der Waals surface area (Å²) in [5, 5.41) is 2.88. The summed E-state index contributed by atoms with van der Waals surface area (Å²) in [7, 11) is 0. The Labute approximate surface area is 143 Å². The predicted octanol–water partition coefficient (Wildman–Crippen LogP) is 6.38. The highest BCUT2D eigenvalue weighted by atomic mass is 14.3. The maximum atomic E-state index is 2.35. The first-order valence-electron chi connectivity index (χ1n) is 8.90. The predicted molar refractivity (Wildman–Crippen MR) is 104 cm³/mol. The molecule has 0 unspecified atom stereocenters. The van der Waals surface area contributed by atoms with E-state index in [4.69, 9.17) is 0 Å². The molecular weight excluding hydrogens is 288 g/mol. The van der Waals surface area contributed by atoms with Gasteiger partial charge in [-0.3, -0.25) is 0 Å². The standard InChI is InChI=1S/C24H22/c1-13-5-6-19-12-20-10-8-17-7-9-18-11-14(2)16(4)22(18)23(17)24(20)21(19)15(13)3/h5-10H,11-12H2,1-4H3. The Morgan fingerprint density at radius 1 is 0.625 bits per heavy atom. The van der Waals surface area contributed by atoms with Crippen molar-refractivity contribution in [1.29, 1.82) is 0 Å². The first-order chi connectivity index (χ1) is 11.6. The van der Waals surface area contributed by atoms with Crippen molar-refractivity contribution >= 4 is 16.3 Å². The quantitative estimate of drug-likeness (QED) is 0.353. The van der Waals surface area contributed by atoms with Crippen molar-refractivity contribution < 1.29 is 0 Å². The molecule has 0 saturated carbocycles. The molecule has 0 N–H and O–H groups in total. The van der Waals surface area contributed by atoms with E-state index in [1.54, 1.807) is 0 Å². The van der Waals surface area contributed by atoms with E-state index in [0.717, 1.165) is 12.8 Å². The van der Waals surface area contributed by atoms with Gasteiger partial charge < -0.3 is 0 Å². The third-order valence-electron chi connectivity index (χ3n) is 6.28. The first-order valence-corrected chi connectivity index (χ1v) is 8.90. The van der Waals surface area contributed by atoms with E-state index in [-0.39, 0.29) is 0 Å². The van der Waals surface area contributed by atoms with Gasteiger partial charge in [-0.2, -0.15) is 0 Å². The smallest absolute Gasteiger partial charge is 0.00131 e. The number of allylic oxidation sites excluding steroid dienone is 2. The summed E-state index contributed by atoms with van der Waals surface area (Å²) in [6.45, 7) is 9.12. The number of aryl methyl sites for hydroxylation is 1. The van der Waals surface area contributed by atoms with Crippen LogP contribution >= 0.6 is 0 Å². The second-order valence-electron chi connectivity index (χ2n) is 7.60. The van der Waals surface area contributed by atoms with E-state index in [2.05, 4.69) is 64.1 Å². The molecule has 0 saturated heterocycles. The summed E-state index contributed by atoms with van der Waals surface area (Å²) in [6, 6.07) is 13.9. The van der Waals surface area contributed by atoms with Crippen LogP contribution in [-0.2, 0) is 12.8 Å². The minimum atomic E-state index is 1.08. The van der Waals surface area contributed by atoms with Crippen LogP contribution in [0.25, 0.3) is 27.5 Å². The van der Waals surface area contributed by atoms with Crippen LogP contribution in [0.4, 0.5) is 0 Å². The maximum Gasteiger partial charge on any atom is -0.00131 e. The molecule has 118 valence electrons. The fourth-order valence-corrected chi connectivity index (χ4v) is 4.72. The number of fused-ring (bicyclic) bond motifs is 7. The second-order valence-corrected chi connectivity index (χ2v) is 7.60. The van der Waals surface area contributed by atoms with Gasteiger partial charge in [-0.15, -0.1) is 0 Å². The molecule has 0 radical (unpaired) electrons. The first kappa shape index (κ1) is 14.0. The SMILES string of the molecule is CC1=C(C)c2c(ccc3ccc4c(c23)-c2c(ccc(C)c2C)C4)C1. The molecule has 0 atom stereocenters. The highest BCUT2D eigenvalue weighted by molar-refractivity contribution is 6.09. The molecule has 0 aromatic heterocycles. The van der Waals surface area contributed by atoms with Gasteiger partial charge in [0.05, 0.1) is 0 Å². The van der Waals surface area contributed by atoms with Gasteiger partial charge in [0.15, 0.2) is 0 Å². The van der Waals surface area contributed by atoms with Crippen LogP contribution < -0.4 is 0 Å². The molecule has 0 amide bonds. The van der Waals surface area contributed by atoms with E-state index in [1.807, 2.05) is 0 Å². The minimum Gasteiger partial charge on any atom is -0.0654 e. The van der Waals surface area contributed by atoms with Gasteiger partial charge in [-0.05, 0) is 101 Å². The Balaban J connectivity index is 1.99. The van der Waals surface area contributed by atoms with Crippen molar-refractivity contribution in [2.24, 2.45) is 0 Å². The fraction of sp³-hybridized carbons (Fsp3) is 0.250. The molecule has 0 bridgehead atoms. The van der Waals surface area contributed by atoms with Crippen molar-refractivity contribution in [3.8, 4) is 11.1 Å². The van der Waals surface area contributed by atoms with Gasteiger partial charge in [0.2, 0.25) is 0 Å². The summed E-state index contributed by atoms with van der Waals surface area (Å²) >= 11 is 0. The Kier molecular flexibility index (Phi) is 2.69. The molecule has 3 aromatic carbocycles. The molecule has 0 fully saturated rings. The normalized spacial score (nSPS) is 15.0. The van der Waals surface area contributed by atoms with Gasteiger partial charge in [0.1, 0.15) is 0 Å². The number of benzene rings is 3. The lowest BCUT2D eigenvalue weighted by molar-refractivity contribution is 1.19. The molecule has 0 heteroatoms. The Morgan fingerprint density at radius 2 is 1.25 bits per heavy atom. The molecule has 0 aliphatic heterocycles. The number of hydrogen-bond acceptors (Lipinski definition) is 0. The summed E-state index contributed by atoms with van der Waals surface area (Å²) in [5.41, 5.74) is 14.9. The Morgan fingerprint density at radius 3 is 2.00 bits per heavy atom. The van der Waals surface area contributed by atoms with Crippen LogP contribution in [0.3, 0.4) is 0 Å². The monoisotopic (exact) mass is 310 g/mol. The summed E-state index contributed by atoms with van der Waals surface area (Å²) in [5.74, 6) is 0. The van der Waals surface area contributed by atoms with Crippen molar-refractivity contribution in [2.75, 3.05) is 0 Å². The average molecular weight is 310 g/mol. The van der Waals surface area contributed by atoms with Crippen molar-refractivity contribution in [1.82, 2.24) is 0 Å². The van der Waals surface area contributed by atoms with Crippen LogP contribution in [0.15, 0.2) is 42.0 Å². The lowest BCUT2D eigenvalue weighted by Gasteiger charge is -2.15. The van der Waals surface area contributed by atoms with E-state index >= 15 is 0 Å². The zero-order valence-corrected chi connectivity index (χ0v) is 14.9. The van der Waals surface area contributed by atoms with E-state index in [1.165, 1.54) is 66.4 Å². The summed E-state index contributed by atoms with van der Waals surface area (Å²) in [6.07, 6.45) is 2.19. The number of hydrogen-bond donors (Lipinski definition) is 0. The van der Waals surface area contributed by atoms with Gasteiger partial charge in [0, 0.05) is 0 Å². The Bertz CT molecular complexity index is 1080. The van der Waals surface area contributed by atoms with E-state index < -0.39 is 0 Å². The maximum absolute atomic E-state index is 2.35. The summed E-state index contributed by atoms with van der Waals surface area (Å²) in [4.78, 5) is 0.